The van der Waals surface area contributed by atoms with E-state index in [-0.39, 0.29) is 31.8 Å². The second-order valence-electron chi connectivity index (χ2n) is 6.47. The SMILES string of the molecule is C#CCOc1ccc(OC[C@H](C)NC(=O)C(OCC#C)c2ccc(Cl)cc2)cc1OC. The highest BCUT2D eigenvalue weighted by Gasteiger charge is 2.23. The van der Waals surface area contributed by atoms with Crippen LogP contribution in [0.3, 0.4) is 0 Å². The molecule has 0 aliphatic heterocycles. The van der Waals surface area contributed by atoms with Crippen molar-refractivity contribution in [3.05, 3.63) is 53.1 Å². The fourth-order valence-electron chi connectivity index (χ4n) is 2.65. The first-order valence-electron chi connectivity index (χ1n) is 9.46. The van der Waals surface area contributed by atoms with Gasteiger partial charge in [0.25, 0.3) is 5.91 Å². The van der Waals surface area contributed by atoms with Crippen molar-refractivity contribution in [1.82, 2.24) is 5.32 Å². The molecule has 0 aromatic heterocycles. The number of carbonyl (C=O) groups is 1. The van der Waals surface area contributed by atoms with Gasteiger partial charge in [0.1, 0.15) is 25.6 Å². The third-order valence-electron chi connectivity index (χ3n) is 4.08. The summed E-state index contributed by atoms with van der Waals surface area (Å²) in [6, 6.07) is 11.6. The fraction of sp³-hybridized carbons (Fsp3) is 0.292. The van der Waals surface area contributed by atoms with E-state index in [1.54, 1.807) is 42.5 Å². The van der Waals surface area contributed by atoms with Gasteiger partial charge in [0.2, 0.25) is 0 Å². The predicted octanol–water partition coefficient (Wildman–Crippen LogP) is 3.64. The number of carbonyl (C=O) groups excluding carboxylic acids is 1. The van der Waals surface area contributed by atoms with Crippen molar-refractivity contribution in [1.29, 1.82) is 0 Å². The highest BCUT2D eigenvalue weighted by molar-refractivity contribution is 6.30. The summed E-state index contributed by atoms with van der Waals surface area (Å²) < 4.78 is 22.0. The number of methoxy groups -OCH3 is 1. The number of hydrogen-bond donors (Lipinski definition) is 1. The van der Waals surface area contributed by atoms with Crippen LogP contribution >= 0.6 is 11.6 Å². The van der Waals surface area contributed by atoms with Gasteiger partial charge in [-0.1, -0.05) is 35.6 Å². The summed E-state index contributed by atoms with van der Waals surface area (Å²) in [5.74, 6) is 6.02. The Morgan fingerprint density at radius 3 is 2.42 bits per heavy atom. The highest BCUT2D eigenvalue weighted by Crippen LogP contribution is 2.31. The van der Waals surface area contributed by atoms with Crippen LogP contribution in [0.25, 0.3) is 0 Å². The van der Waals surface area contributed by atoms with Crippen molar-refractivity contribution in [3.8, 4) is 41.9 Å². The topological polar surface area (TPSA) is 66.0 Å². The van der Waals surface area contributed by atoms with Crippen molar-refractivity contribution in [2.75, 3.05) is 26.9 Å². The lowest BCUT2D eigenvalue weighted by Crippen LogP contribution is -2.40. The minimum atomic E-state index is -0.858. The number of halogens is 1. The summed E-state index contributed by atoms with van der Waals surface area (Å²) in [5, 5.41) is 3.43. The molecule has 0 aliphatic carbocycles. The Kier molecular flexibility index (Phi) is 9.58. The van der Waals surface area contributed by atoms with Crippen molar-refractivity contribution >= 4 is 17.5 Å². The molecule has 6 nitrogen and oxygen atoms in total. The van der Waals surface area contributed by atoms with Crippen molar-refractivity contribution < 1.29 is 23.7 Å². The maximum Gasteiger partial charge on any atom is 0.254 e. The number of ether oxygens (including phenoxy) is 4. The van der Waals surface area contributed by atoms with Crippen LogP contribution < -0.4 is 19.5 Å². The quantitative estimate of drug-likeness (QED) is 0.539. The molecule has 162 valence electrons. The normalized spacial score (nSPS) is 12.0. The molecule has 0 fully saturated rings. The Morgan fingerprint density at radius 2 is 1.77 bits per heavy atom. The minimum absolute atomic E-state index is 0.000511. The zero-order valence-corrected chi connectivity index (χ0v) is 18.1. The molecule has 0 saturated heterocycles. The van der Waals surface area contributed by atoms with Gasteiger partial charge in [-0.15, -0.1) is 12.8 Å². The smallest absolute Gasteiger partial charge is 0.254 e. The molecular weight excluding hydrogens is 418 g/mol. The van der Waals surface area contributed by atoms with E-state index in [1.165, 1.54) is 7.11 Å². The van der Waals surface area contributed by atoms with Crippen LogP contribution in [0.15, 0.2) is 42.5 Å². The average Bonchev–Trinajstić information content (AvgIpc) is 2.77. The van der Waals surface area contributed by atoms with Gasteiger partial charge in [-0.2, -0.15) is 0 Å². The monoisotopic (exact) mass is 441 g/mol. The molecule has 0 aliphatic rings. The highest BCUT2D eigenvalue weighted by atomic mass is 35.5. The number of benzene rings is 2. The van der Waals surface area contributed by atoms with Crippen LogP contribution in [0, 0.1) is 24.7 Å². The second kappa shape index (κ2) is 12.4. The number of amides is 1. The van der Waals surface area contributed by atoms with E-state index in [1.807, 2.05) is 6.92 Å². The zero-order valence-electron chi connectivity index (χ0n) is 17.4. The molecule has 1 amide bonds. The first-order valence-corrected chi connectivity index (χ1v) is 9.84. The lowest BCUT2D eigenvalue weighted by Gasteiger charge is -2.21. The Hall–Kier alpha value is -3.32. The van der Waals surface area contributed by atoms with E-state index in [4.69, 9.17) is 43.4 Å². The standard InChI is InChI=1S/C24H24ClNO5/c1-5-13-29-21-12-11-20(15-22(21)28-4)31-16-17(3)26-24(27)23(30-14-6-2)18-7-9-19(25)10-8-18/h1-2,7-12,15,17,23H,13-14,16H2,3-4H3,(H,26,27)/t17-,23?/m0/s1. The molecule has 2 aromatic carbocycles. The molecule has 1 unspecified atom stereocenters. The molecular formula is C24H24ClNO5. The van der Waals surface area contributed by atoms with E-state index < -0.39 is 6.10 Å². The summed E-state index contributed by atoms with van der Waals surface area (Å²) in [5.41, 5.74) is 0.651. The van der Waals surface area contributed by atoms with E-state index in [2.05, 4.69) is 17.2 Å². The third kappa shape index (κ3) is 7.46. The first-order chi connectivity index (χ1) is 15.0. The Bertz CT molecular complexity index is 946. The molecule has 7 heteroatoms. The number of terminal acetylenes is 2. The fourth-order valence-corrected chi connectivity index (χ4v) is 2.78. The number of rotatable bonds is 11. The molecule has 2 rings (SSSR count). The molecule has 0 heterocycles. The molecule has 0 saturated carbocycles. The van der Waals surface area contributed by atoms with Gasteiger partial charge in [0, 0.05) is 11.1 Å². The van der Waals surface area contributed by atoms with Crippen molar-refractivity contribution in [2.45, 2.75) is 19.1 Å². The van der Waals surface area contributed by atoms with Gasteiger partial charge >= 0.3 is 0 Å². The first kappa shape index (κ1) is 24.0. The Morgan fingerprint density at radius 1 is 1.06 bits per heavy atom. The van der Waals surface area contributed by atoms with Crippen LogP contribution in [0.1, 0.15) is 18.6 Å². The van der Waals surface area contributed by atoms with Gasteiger partial charge in [0.05, 0.1) is 13.2 Å². The summed E-state index contributed by atoms with van der Waals surface area (Å²) in [6.07, 6.45) is 9.63. The van der Waals surface area contributed by atoms with Crippen molar-refractivity contribution in [2.24, 2.45) is 0 Å². The maximum atomic E-state index is 12.8. The summed E-state index contributed by atoms with van der Waals surface area (Å²) >= 11 is 5.92. The summed E-state index contributed by atoms with van der Waals surface area (Å²) in [4.78, 5) is 12.8. The number of hydrogen-bond acceptors (Lipinski definition) is 5. The van der Waals surface area contributed by atoms with Gasteiger partial charge in [-0.05, 0) is 36.8 Å². The van der Waals surface area contributed by atoms with Gasteiger partial charge < -0.3 is 24.3 Å². The maximum absolute atomic E-state index is 12.8. The molecule has 2 aromatic rings. The van der Waals surface area contributed by atoms with Crippen LogP contribution in [-0.4, -0.2) is 38.9 Å². The van der Waals surface area contributed by atoms with Crippen LogP contribution in [-0.2, 0) is 9.53 Å². The average molecular weight is 442 g/mol. The molecule has 0 spiro atoms. The molecule has 2 atom stereocenters. The second-order valence-corrected chi connectivity index (χ2v) is 6.91. The van der Waals surface area contributed by atoms with E-state index in [9.17, 15) is 4.79 Å². The van der Waals surface area contributed by atoms with E-state index in [0.717, 1.165) is 0 Å². The van der Waals surface area contributed by atoms with E-state index >= 15 is 0 Å². The van der Waals surface area contributed by atoms with Gasteiger partial charge in [-0.25, -0.2) is 0 Å². The van der Waals surface area contributed by atoms with Crippen LogP contribution in [0.4, 0.5) is 0 Å². The molecule has 0 bridgehead atoms. The largest absolute Gasteiger partial charge is 0.493 e. The lowest BCUT2D eigenvalue weighted by atomic mass is 10.1. The van der Waals surface area contributed by atoms with Crippen molar-refractivity contribution in [3.63, 3.8) is 0 Å². The predicted molar refractivity (Wildman–Crippen MR) is 119 cm³/mol. The van der Waals surface area contributed by atoms with E-state index in [0.29, 0.717) is 27.8 Å². The minimum Gasteiger partial charge on any atom is -0.493 e. The van der Waals surface area contributed by atoms with Crippen LogP contribution in [0.2, 0.25) is 5.02 Å². The third-order valence-corrected chi connectivity index (χ3v) is 4.33. The summed E-state index contributed by atoms with van der Waals surface area (Å²) in [6.45, 7) is 2.18. The summed E-state index contributed by atoms with van der Waals surface area (Å²) in [7, 11) is 1.53. The van der Waals surface area contributed by atoms with Gasteiger partial charge in [0.15, 0.2) is 17.6 Å². The molecule has 0 radical (unpaired) electrons. The zero-order chi connectivity index (χ0) is 22.6. The van der Waals surface area contributed by atoms with Crippen LogP contribution in [0.5, 0.6) is 17.2 Å². The molecule has 1 N–H and O–H groups in total. The lowest BCUT2D eigenvalue weighted by molar-refractivity contribution is -0.133. The van der Waals surface area contributed by atoms with Gasteiger partial charge in [-0.3, -0.25) is 4.79 Å². The molecule has 31 heavy (non-hydrogen) atoms. The number of nitrogens with one attached hydrogen (secondary N) is 1. The Balaban J connectivity index is 1.97. The Labute approximate surface area is 187 Å².